The molecule has 0 bridgehead atoms. The highest BCUT2D eigenvalue weighted by Crippen LogP contribution is 2.32. The Morgan fingerprint density at radius 1 is 0.727 bits per heavy atom. The molecule has 0 saturated carbocycles. The summed E-state index contributed by atoms with van der Waals surface area (Å²) >= 11 is 0. The van der Waals surface area contributed by atoms with Crippen LogP contribution in [0.5, 0.6) is 11.5 Å². The highest BCUT2D eigenvalue weighted by molar-refractivity contribution is 6.05. The Kier molecular flexibility index (Phi) is 9.78. The minimum Gasteiger partial charge on any atom is -0.494 e. The van der Waals surface area contributed by atoms with Gasteiger partial charge in [-0.3, -0.25) is 4.79 Å². The van der Waals surface area contributed by atoms with Crippen LogP contribution >= 0.6 is 0 Å². The van der Waals surface area contributed by atoms with Gasteiger partial charge in [0.2, 0.25) is 0 Å². The van der Waals surface area contributed by atoms with Crippen LogP contribution in [0.2, 0.25) is 0 Å². The van der Waals surface area contributed by atoms with E-state index in [4.69, 9.17) is 23.7 Å². The number of hydrogen-bond donors (Lipinski definition) is 1. The van der Waals surface area contributed by atoms with Crippen molar-refractivity contribution >= 4 is 17.9 Å². The number of carbonyl (C=O) groups is 3. The van der Waals surface area contributed by atoms with E-state index in [9.17, 15) is 14.4 Å². The molecular weight excluding hydrogens is 430 g/mol. The van der Waals surface area contributed by atoms with E-state index in [0.717, 1.165) is 5.75 Å². The average Bonchev–Trinajstić information content (AvgIpc) is 2.77. The molecule has 0 saturated heterocycles. The first kappa shape index (κ1) is 25.8. The van der Waals surface area contributed by atoms with E-state index in [2.05, 4.69) is 5.32 Å². The van der Waals surface area contributed by atoms with Crippen LogP contribution in [-0.2, 0) is 28.6 Å². The Bertz CT molecular complexity index is 877. The van der Waals surface area contributed by atoms with Gasteiger partial charge in [0.15, 0.2) is 0 Å². The molecule has 9 nitrogen and oxygen atoms in total. The van der Waals surface area contributed by atoms with Crippen LogP contribution in [0.4, 0.5) is 0 Å². The summed E-state index contributed by atoms with van der Waals surface area (Å²) in [5.41, 5.74) is 0.851. The third kappa shape index (κ3) is 6.74. The summed E-state index contributed by atoms with van der Waals surface area (Å²) in [5, 5.41) is 2.96. The molecule has 1 aliphatic rings. The molecule has 9 heteroatoms. The zero-order valence-corrected chi connectivity index (χ0v) is 19.7. The third-order valence-electron chi connectivity index (χ3n) is 4.72. The normalized spacial score (nSPS) is 13.8. The molecule has 0 atom stereocenters. The van der Waals surface area contributed by atoms with E-state index in [1.807, 2.05) is 6.92 Å². The lowest BCUT2D eigenvalue weighted by molar-refractivity contribution is -0.152. The number of carbonyl (C=O) groups excluding carboxylic acids is 3. The summed E-state index contributed by atoms with van der Waals surface area (Å²) < 4.78 is 26.6. The molecule has 0 aliphatic carbocycles. The van der Waals surface area contributed by atoms with Crippen molar-refractivity contribution in [1.82, 2.24) is 5.32 Å². The third-order valence-corrected chi connectivity index (χ3v) is 4.72. The van der Waals surface area contributed by atoms with Gasteiger partial charge in [0, 0.05) is 11.4 Å². The number of dihydropyridines is 1. The van der Waals surface area contributed by atoms with E-state index in [1.165, 1.54) is 0 Å². The lowest BCUT2D eigenvalue weighted by Crippen LogP contribution is -2.38. The lowest BCUT2D eigenvalue weighted by atomic mass is 9.85. The largest absolute Gasteiger partial charge is 0.494 e. The molecule has 0 fully saturated rings. The molecule has 0 amide bonds. The second kappa shape index (κ2) is 12.5. The van der Waals surface area contributed by atoms with Gasteiger partial charge in [0.05, 0.1) is 31.0 Å². The minimum absolute atomic E-state index is 0.0166. The van der Waals surface area contributed by atoms with Gasteiger partial charge in [0.25, 0.3) is 0 Å². The van der Waals surface area contributed by atoms with Crippen molar-refractivity contribution in [2.75, 3.05) is 33.0 Å². The van der Waals surface area contributed by atoms with Crippen LogP contribution in [0.15, 0.2) is 46.8 Å². The van der Waals surface area contributed by atoms with Crippen LogP contribution in [0.3, 0.4) is 0 Å². The van der Waals surface area contributed by atoms with Crippen molar-refractivity contribution in [3.63, 3.8) is 0 Å². The Balaban J connectivity index is 2.12. The van der Waals surface area contributed by atoms with Gasteiger partial charge >= 0.3 is 17.9 Å². The molecule has 1 aliphatic heterocycles. The maximum atomic E-state index is 13.0. The summed E-state index contributed by atoms with van der Waals surface area (Å²) in [6.07, 6.45) is 0. The Labute approximate surface area is 193 Å². The molecule has 0 radical (unpaired) electrons. The van der Waals surface area contributed by atoms with E-state index in [0.29, 0.717) is 23.8 Å². The summed E-state index contributed by atoms with van der Waals surface area (Å²) in [5.74, 6) is -2.13. The summed E-state index contributed by atoms with van der Waals surface area (Å²) in [7, 11) is 0. The monoisotopic (exact) mass is 461 g/mol. The fraction of sp³-hybridized carbons (Fsp3) is 0.458. The molecule has 0 spiro atoms. The van der Waals surface area contributed by atoms with Crippen LogP contribution in [0.1, 0.15) is 34.6 Å². The molecule has 1 heterocycles. The van der Waals surface area contributed by atoms with Gasteiger partial charge in [-0.2, -0.15) is 0 Å². The van der Waals surface area contributed by atoms with Crippen molar-refractivity contribution in [2.45, 2.75) is 34.6 Å². The smallest absolute Gasteiger partial charge is 0.337 e. The number of hydrogen-bond acceptors (Lipinski definition) is 9. The Morgan fingerprint density at radius 2 is 1.21 bits per heavy atom. The summed E-state index contributed by atoms with van der Waals surface area (Å²) in [6, 6.07) is 7.04. The number of allylic oxidation sites excluding steroid dienone is 2. The molecule has 0 aromatic heterocycles. The van der Waals surface area contributed by atoms with Crippen LogP contribution in [0.25, 0.3) is 0 Å². The number of ether oxygens (including phenoxy) is 5. The second-order valence-electron chi connectivity index (χ2n) is 7.00. The molecular formula is C24H31NO8. The SMILES string of the molecule is CCOC(=O)C1=C(C)NC(C)=C(C(=O)OCC)C1C(=O)OCCOc1ccc(OCC)cc1. The van der Waals surface area contributed by atoms with Crippen molar-refractivity contribution in [1.29, 1.82) is 0 Å². The fourth-order valence-corrected chi connectivity index (χ4v) is 3.37. The molecule has 33 heavy (non-hydrogen) atoms. The predicted octanol–water partition coefficient (Wildman–Crippen LogP) is 2.90. The van der Waals surface area contributed by atoms with Crippen molar-refractivity contribution in [3.05, 3.63) is 46.8 Å². The van der Waals surface area contributed by atoms with Crippen molar-refractivity contribution in [2.24, 2.45) is 5.92 Å². The van der Waals surface area contributed by atoms with Gasteiger partial charge < -0.3 is 29.0 Å². The van der Waals surface area contributed by atoms with Gasteiger partial charge in [-0.15, -0.1) is 0 Å². The number of nitrogens with one attached hydrogen (secondary N) is 1. The maximum Gasteiger partial charge on any atom is 0.337 e. The zero-order chi connectivity index (χ0) is 24.4. The topological polar surface area (TPSA) is 109 Å². The van der Waals surface area contributed by atoms with Gasteiger partial charge in [-0.25, -0.2) is 9.59 Å². The fourth-order valence-electron chi connectivity index (χ4n) is 3.37. The molecule has 1 aromatic rings. The quantitative estimate of drug-likeness (QED) is 0.302. The lowest BCUT2D eigenvalue weighted by Gasteiger charge is -2.28. The van der Waals surface area contributed by atoms with Crippen LogP contribution in [0, 0.1) is 5.92 Å². The van der Waals surface area contributed by atoms with Crippen LogP contribution < -0.4 is 14.8 Å². The zero-order valence-electron chi connectivity index (χ0n) is 19.7. The van der Waals surface area contributed by atoms with Gasteiger partial charge in [0.1, 0.15) is 30.6 Å². The standard InChI is InChI=1S/C24H31NO8/c1-6-29-17-9-11-18(12-10-17)32-13-14-33-24(28)21-19(22(26)30-7-2)15(4)25-16(5)20(21)23(27)31-8-3/h9-12,21,25H,6-8,13-14H2,1-5H3. The molecule has 1 N–H and O–H groups in total. The first-order valence-corrected chi connectivity index (χ1v) is 10.9. The van der Waals surface area contributed by atoms with E-state index >= 15 is 0 Å². The second-order valence-corrected chi connectivity index (χ2v) is 7.00. The summed E-state index contributed by atoms with van der Waals surface area (Å²) in [6.45, 7) is 9.27. The van der Waals surface area contributed by atoms with Gasteiger partial charge in [-0.05, 0) is 58.9 Å². The highest BCUT2D eigenvalue weighted by Gasteiger charge is 2.42. The molecule has 180 valence electrons. The summed E-state index contributed by atoms with van der Waals surface area (Å²) in [4.78, 5) is 38.3. The number of esters is 3. The molecule has 0 unspecified atom stereocenters. The van der Waals surface area contributed by atoms with Gasteiger partial charge in [-0.1, -0.05) is 0 Å². The van der Waals surface area contributed by atoms with Crippen LogP contribution in [-0.4, -0.2) is 50.9 Å². The predicted molar refractivity (Wildman–Crippen MR) is 119 cm³/mol. The molecule has 2 rings (SSSR count). The van der Waals surface area contributed by atoms with E-state index in [-0.39, 0.29) is 37.6 Å². The average molecular weight is 462 g/mol. The van der Waals surface area contributed by atoms with E-state index in [1.54, 1.807) is 52.0 Å². The maximum absolute atomic E-state index is 13.0. The number of benzene rings is 1. The van der Waals surface area contributed by atoms with E-state index < -0.39 is 23.8 Å². The Morgan fingerprint density at radius 3 is 1.67 bits per heavy atom. The highest BCUT2D eigenvalue weighted by atomic mass is 16.6. The molecule has 1 aromatic carbocycles. The van der Waals surface area contributed by atoms with Crippen molar-refractivity contribution < 1.29 is 38.1 Å². The minimum atomic E-state index is -1.27. The first-order valence-electron chi connectivity index (χ1n) is 10.9. The first-order chi connectivity index (χ1) is 15.8. The Hall–Kier alpha value is -3.49. The van der Waals surface area contributed by atoms with Crippen molar-refractivity contribution in [3.8, 4) is 11.5 Å². The number of rotatable bonds is 11.